The molecule has 1 aliphatic rings. The Morgan fingerprint density at radius 3 is 2.56 bits per heavy atom. The van der Waals surface area contributed by atoms with Gasteiger partial charge in [-0.25, -0.2) is 0 Å². The Morgan fingerprint density at radius 1 is 1.12 bits per heavy atom. The summed E-state index contributed by atoms with van der Waals surface area (Å²) in [7, 11) is 0. The van der Waals surface area contributed by atoms with Gasteiger partial charge in [0.15, 0.2) is 5.11 Å². The molecule has 25 heavy (non-hydrogen) atoms. The van der Waals surface area contributed by atoms with E-state index in [-0.39, 0.29) is 0 Å². The maximum atomic E-state index is 5.38. The van der Waals surface area contributed by atoms with Crippen molar-refractivity contribution in [1.82, 2.24) is 5.43 Å². The summed E-state index contributed by atoms with van der Waals surface area (Å²) in [4.78, 5) is 2.32. The van der Waals surface area contributed by atoms with E-state index in [0.29, 0.717) is 5.11 Å². The zero-order chi connectivity index (χ0) is 17.5. The molecule has 1 aliphatic heterocycles. The van der Waals surface area contributed by atoms with Crippen molar-refractivity contribution in [1.29, 1.82) is 0 Å². The lowest BCUT2D eigenvalue weighted by atomic mass is 10.2. The minimum atomic E-state index is 0.468. The number of nitrogens with one attached hydrogen (secondary N) is 2. The average molecular weight is 354 g/mol. The lowest BCUT2D eigenvalue weighted by Gasteiger charge is -2.28. The number of hydrazone groups is 1. The van der Waals surface area contributed by atoms with Gasteiger partial charge >= 0.3 is 0 Å². The van der Waals surface area contributed by atoms with Crippen molar-refractivity contribution in [3.63, 3.8) is 0 Å². The third-order valence-corrected chi connectivity index (χ3v) is 4.24. The van der Waals surface area contributed by atoms with Crippen molar-refractivity contribution in [2.45, 2.75) is 6.92 Å². The molecule has 0 spiro atoms. The standard InChI is InChI=1S/C19H22N4OS/c1-15-4-2-3-5-18(15)21-19(25)22-20-14-16-6-8-17(9-7-16)23-10-12-24-13-11-23/h2-9,14H,10-13H2,1H3,(H2,21,22,25)/b20-14-. The van der Waals surface area contributed by atoms with Crippen LogP contribution in [0.1, 0.15) is 11.1 Å². The first-order chi connectivity index (χ1) is 12.2. The molecule has 0 saturated carbocycles. The third-order valence-electron chi connectivity index (χ3n) is 4.04. The number of ether oxygens (including phenoxy) is 1. The zero-order valence-corrected chi connectivity index (χ0v) is 15.1. The maximum absolute atomic E-state index is 5.38. The van der Waals surface area contributed by atoms with Crippen LogP contribution in [0.15, 0.2) is 53.6 Å². The lowest BCUT2D eigenvalue weighted by molar-refractivity contribution is 0.122. The van der Waals surface area contributed by atoms with E-state index < -0.39 is 0 Å². The highest BCUT2D eigenvalue weighted by Crippen LogP contribution is 2.16. The Balaban J connectivity index is 1.51. The minimum absolute atomic E-state index is 0.468. The molecule has 5 nitrogen and oxygen atoms in total. The van der Waals surface area contributed by atoms with Crippen LogP contribution in [0.2, 0.25) is 0 Å². The molecule has 0 radical (unpaired) electrons. The number of hydrogen-bond donors (Lipinski definition) is 2. The number of hydrogen-bond acceptors (Lipinski definition) is 4. The number of rotatable bonds is 4. The zero-order valence-electron chi connectivity index (χ0n) is 14.2. The molecule has 0 aromatic heterocycles. The van der Waals surface area contributed by atoms with Crippen molar-refractivity contribution in [2.24, 2.45) is 5.10 Å². The summed E-state index contributed by atoms with van der Waals surface area (Å²) in [6, 6.07) is 16.3. The third kappa shape index (κ3) is 5.01. The molecule has 0 aliphatic carbocycles. The van der Waals surface area contributed by atoms with Gasteiger partial charge in [0.2, 0.25) is 0 Å². The van der Waals surface area contributed by atoms with E-state index in [1.807, 2.05) is 43.3 Å². The Hall–Kier alpha value is -2.44. The molecule has 2 N–H and O–H groups in total. The van der Waals surface area contributed by atoms with E-state index in [2.05, 4.69) is 32.9 Å². The Morgan fingerprint density at radius 2 is 1.84 bits per heavy atom. The van der Waals surface area contributed by atoms with Crippen LogP contribution in [0.3, 0.4) is 0 Å². The van der Waals surface area contributed by atoms with Gasteiger partial charge in [0.25, 0.3) is 0 Å². The summed E-state index contributed by atoms with van der Waals surface area (Å²) in [5.41, 5.74) is 7.19. The van der Waals surface area contributed by atoms with Crippen LogP contribution >= 0.6 is 12.2 Å². The molecule has 1 fully saturated rings. The molecule has 0 bridgehead atoms. The van der Waals surface area contributed by atoms with Crippen LogP contribution in [0, 0.1) is 6.92 Å². The molecular weight excluding hydrogens is 332 g/mol. The summed E-state index contributed by atoms with van der Waals surface area (Å²) in [5, 5.41) is 7.80. The first-order valence-corrected chi connectivity index (χ1v) is 8.71. The number of benzene rings is 2. The van der Waals surface area contributed by atoms with Crippen molar-refractivity contribution < 1.29 is 4.74 Å². The first-order valence-electron chi connectivity index (χ1n) is 8.31. The first kappa shape index (κ1) is 17.4. The maximum Gasteiger partial charge on any atom is 0.191 e. The Kier molecular flexibility index (Phi) is 5.98. The van der Waals surface area contributed by atoms with Crippen LogP contribution in [-0.2, 0) is 4.74 Å². The van der Waals surface area contributed by atoms with Gasteiger partial charge in [-0.2, -0.15) is 5.10 Å². The molecule has 1 heterocycles. The van der Waals surface area contributed by atoms with E-state index in [1.54, 1.807) is 6.21 Å². The van der Waals surface area contributed by atoms with Gasteiger partial charge in [0.1, 0.15) is 0 Å². The lowest BCUT2D eigenvalue weighted by Crippen LogP contribution is -2.36. The monoisotopic (exact) mass is 354 g/mol. The van der Waals surface area contributed by atoms with Gasteiger partial charge in [0, 0.05) is 24.5 Å². The quantitative estimate of drug-likeness (QED) is 0.502. The minimum Gasteiger partial charge on any atom is -0.378 e. The van der Waals surface area contributed by atoms with E-state index >= 15 is 0 Å². The average Bonchev–Trinajstić information content (AvgIpc) is 2.65. The second-order valence-electron chi connectivity index (χ2n) is 5.83. The van der Waals surface area contributed by atoms with Gasteiger partial charge in [-0.1, -0.05) is 30.3 Å². The SMILES string of the molecule is Cc1ccccc1NC(=S)N/N=C\c1ccc(N2CCOCC2)cc1. The van der Waals surface area contributed by atoms with Crippen molar-refractivity contribution in [2.75, 3.05) is 36.5 Å². The number of para-hydroxylation sites is 1. The van der Waals surface area contributed by atoms with Crippen LogP contribution in [0.4, 0.5) is 11.4 Å². The van der Waals surface area contributed by atoms with Crippen LogP contribution < -0.4 is 15.6 Å². The van der Waals surface area contributed by atoms with Gasteiger partial charge in [-0.15, -0.1) is 0 Å². The normalized spacial score (nSPS) is 14.5. The Bertz CT molecular complexity index is 739. The van der Waals surface area contributed by atoms with Crippen LogP contribution in [0.25, 0.3) is 0 Å². The van der Waals surface area contributed by atoms with Gasteiger partial charge in [0.05, 0.1) is 19.4 Å². The number of nitrogens with zero attached hydrogens (tertiary/aromatic N) is 2. The second-order valence-corrected chi connectivity index (χ2v) is 6.24. The van der Waals surface area contributed by atoms with Crippen molar-refractivity contribution in [3.05, 3.63) is 59.7 Å². The summed E-state index contributed by atoms with van der Waals surface area (Å²) in [6.07, 6.45) is 1.76. The fraction of sp³-hybridized carbons (Fsp3) is 0.263. The van der Waals surface area contributed by atoms with Gasteiger partial charge in [-0.3, -0.25) is 5.43 Å². The number of thiocarbonyl (C=S) groups is 1. The fourth-order valence-electron chi connectivity index (χ4n) is 2.62. The van der Waals surface area contributed by atoms with Crippen LogP contribution in [0.5, 0.6) is 0 Å². The summed E-state index contributed by atoms with van der Waals surface area (Å²) >= 11 is 5.26. The molecule has 2 aromatic rings. The second kappa shape index (κ2) is 8.60. The topological polar surface area (TPSA) is 48.9 Å². The molecule has 6 heteroatoms. The van der Waals surface area contributed by atoms with E-state index in [0.717, 1.165) is 43.1 Å². The summed E-state index contributed by atoms with van der Waals surface area (Å²) in [6.45, 7) is 5.49. The molecule has 3 rings (SSSR count). The van der Waals surface area contributed by atoms with Gasteiger partial charge in [-0.05, 0) is 48.5 Å². The highest BCUT2D eigenvalue weighted by molar-refractivity contribution is 7.80. The molecule has 2 aromatic carbocycles. The van der Waals surface area contributed by atoms with E-state index in [4.69, 9.17) is 17.0 Å². The molecule has 0 unspecified atom stereocenters. The highest BCUT2D eigenvalue weighted by Gasteiger charge is 2.10. The molecule has 0 atom stereocenters. The van der Waals surface area contributed by atoms with Crippen LogP contribution in [-0.4, -0.2) is 37.6 Å². The highest BCUT2D eigenvalue weighted by atomic mass is 32.1. The summed E-state index contributed by atoms with van der Waals surface area (Å²) in [5.74, 6) is 0. The van der Waals surface area contributed by atoms with Crippen molar-refractivity contribution >= 4 is 34.9 Å². The number of anilines is 2. The fourth-order valence-corrected chi connectivity index (χ4v) is 2.78. The van der Waals surface area contributed by atoms with E-state index in [9.17, 15) is 0 Å². The summed E-state index contributed by atoms with van der Waals surface area (Å²) < 4.78 is 5.38. The number of aryl methyl sites for hydroxylation is 1. The smallest absolute Gasteiger partial charge is 0.191 e. The van der Waals surface area contributed by atoms with Gasteiger partial charge < -0.3 is 15.0 Å². The largest absolute Gasteiger partial charge is 0.378 e. The number of morpholine rings is 1. The Labute approximate surface area is 153 Å². The molecule has 130 valence electrons. The predicted molar refractivity (Wildman–Crippen MR) is 108 cm³/mol. The molecular formula is C19H22N4OS. The van der Waals surface area contributed by atoms with E-state index in [1.165, 1.54) is 5.69 Å². The molecule has 1 saturated heterocycles. The molecule has 0 amide bonds. The van der Waals surface area contributed by atoms with Crippen molar-refractivity contribution in [3.8, 4) is 0 Å². The predicted octanol–water partition coefficient (Wildman–Crippen LogP) is 3.15.